The average molecular weight is 1560 g/mol. The summed E-state index contributed by atoms with van der Waals surface area (Å²) < 4.78 is 62.6. The van der Waals surface area contributed by atoms with Gasteiger partial charge in [-0.25, -0.2) is 0 Å². The van der Waals surface area contributed by atoms with Crippen molar-refractivity contribution in [2.24, 2.45) is 5.92 Å². The Hall–Kier alpha value is -5.61. The van der Waals surface area contributed by atoms with E-state index in [0.717, 1.165) is 32.1 Å². The van der Waals surface area contributed by atoms with Crippen molar-refractivity contribution in [1.29, 1.82) is 0 Å². The zero-order chi connectivity index (χ0) is 79.7. The number of rotatable bonds is 52. The van der Waals surface area contributed by atoms with Gasteiger partial charge in [-0.1, -0.05) is 38.5 Å². The molecule has 108 heavy (non-hydrogen) atoms. The van der Waals surface area contributed by atoms with Crippen molar-refractivity contribution in [2.75, 3.05) is 119 Å². The van der Waals surface area contributed by atoms with E-state index < -0.39 is 189 Å². The molecule has 17 unspecified atom stereocenters. The molecule has 9 amide bonds. The Morgan fingerprint density at radius 3 is 1.25 bits per heavy atom. The lowest BCUT2D eigenvalue weighted by molar-refractivity contribution is -0.272. The van der Waals surface area contributed by atoms with Crippen molar-refractivity contribution in [3.63, 3.8) is 0 Å². The molecule has 0 radical (unpaired) electrons. The molecule has 0 aliphatic carbocycles. The second-order valence-corrected chi connectivity index (χ2v) is 28.0. The lowest BCUT2D eigenvalue weighted by atomic mass is 9.96. The third-order valence-corrected chi connectivity index (χ3v) is 17.9. The highest BCUT2D eigenvalue weighted by molar-refractivity contribution is 5.90. The fourth-order valence-electron chi connectivity index (χ4n) is 12.3. The summed E-state index contributed by atoms with van der Waals surface area (Å²) in [7, 11) is 0. The van der Waals surface area contributed by atoms with Gasteiger partial charge in [0.15, 0.2) is 18.9 Å². The van der Waals surface area contributed by atoms with E-state index >= 15 is 0 Å². The van der Waals surface area contributed by atoms with Gasteiger partial charge in [0, 0.05) is 85.0 Å². The van der Waals surface area contributed by atoms with Crippen LogP contribution < -0.4 is 47.9 Å². The van der Waals surface area contributed by atoms with Crippen LogP contribution in [0.5, 0.6) is 0 Å². The second-order valence-electron chi connectivity index (χ2n) is 28.0. The monoisotopic (exact) mass is 1560 g/mol. The molecule has 0 aromatic carbocycles. The van der Waals surface area contributed by atoms with Crippen molar-refractivity contribution < 1.29 is 146 Å². The van der Waals surface area contributed by atoms with E-state index in [1.165, 1.54) is 20.8 Å². The highest BCUT2D eigenvalue weighted by Crippen LogP contribution is 2.28. The van der Waals surface area contributed by atoms with Crippen molar-refractivity contribution >= 4 is 53.2 Å². The number of aliphatic hydroxyl groups excluding tert-OH is 10. The maximum atomic E-state index is 13.9. The van der Waals surface area contributed by atoms with Gasteiger partial charge < -0.3 is 151 Å². The summed E-state index contributed by atoms with van der Waals surface area (Å²) in [5, 5.41) is 125. The standard InChI is InChI=1S/C69H123N9O30/c1-40(83)74-55-61(93)58(90)43(35-79)39-104-66(55)101-30-27-99-25-22-71-64(96)45(17-19-52(87)70-21-24-98-28-31-102-67-56(75-41(2)84)62(94)59(91)49(37-81)106-67)78-54(89)20-18-46(65(97)72-23-26-100-29-32-103-68-57(76-42(3)85)63(95)60(92)50(38-82)107-68)77-53(88)16-14-12-10-8-7-9-11-13-15-51(86)73-34-44-33-47(48(36-80)105-44)108-69(4,5)6/h43-50,55-63,66-68,79-82,90-95H,7-39H2,1-6H3,(H,70,87)(H,71,96)(H,72,97)(H,73,86)(H,74,83)(H,75,84)(H,76,85)(H,77,88)(H,78,89)/t43?,44-,45?,46?,47-,48+,49?,50?,55?,56?,57?,58?,59?,60?,61?,62?,63?,66?,67?,68?/m0/s1. The number of hydrogen-bond acceptors (Lipinski definition) is 30. The van der Waals surface area contributed by atoms with Gasteiger partial charge in [0.1, 0.15) is 79.0 Å². The summed E-state index contributed by atoms with van der Waals surface area (Å²) in [5.41, 5.74) is -0.404. The minimum absolute atomic E-state index is 0.0215. The Kier molecular flexibility index (Phi) is 45.5. The van der Waals surface area contributed by atoms with E-state index in [1.54, 1.807) is 0 Å². The molecule has 0 saturated carbocycles. The number of aliphatic hydroxyl groups is 10. The normalized spacial score (nSPS) is 27.8. The largest absolute Gasteiger partial charge is 0.396 e. The highest BCUT2D eigenvalue weighted by Gasteiger charge is 2.48. The van der Waals surface area contributed by atoms with Gasteiger partial charge in [0.05, 0.1) is 116 Å². The number of nitrogens with one attached hydrogen (secondary N) is 9. The summed E-state index contributed by atoms with van der Waals surface area (Å²) in [5.74, 6) is -5.74. The number of carbonyl (C=O) groups excluding carboxylic acids is 9. The Morgan fingerprint density at radius 2 is 0.815 bits per heavy atom. The van der Waals surface area contributed by atoms with Crippen LogP contribution in [0.3, 0.4) is 0 Å². The van der Waals surface area contributed by atoms with E-state index in [1.807, 2.05) is 20.8 Å². The van der Waals surface area contributed by atoms with Crippen molar-refractivity contribution in [3.05, 3.63) is 0 Å². The molecular formula is C69H123N9O30. The first-order valence-corrected chi connectivity index (χ1v) is 37.3. The molecule has 0 bridgehead atoms. The van der Waals surface area contributed by atoms with Crippen LogP contribution in [0.25, 0.3) is 0 Å². The summed E-state index contributed by atoms with van der Waals surface area (Å²) in [6, 6.07) is -6.17. The molecule has 20 atom stereocenters. The van der Waals surface area contributed by atoms with Gasteiger partial charge in [-0.3, -0.25) is 43.2 Å². The first kappa shape index (κ1) is 94.8. The number of unbranched alkanes of at least 4 members (excludes halogenated alkanes) is 7. The van der Waals surface area contributed by atoms with Crippen molar-refractivity contribution in [3.8, 4) is 0 Å². The summed E-state index contributed by atoms with van der Waals surface area (Å²) in [6.07, 6.45) is -10.2. The Labute approximate surface area is 629 Å². The van der Waals surface area contributed by atoms with Crippen LogP contribution in [-0.2, 0) is 95.3 Å². The third-order valence-electron chi connectivity index (χ3n) is 17.9. The van der Waals surface area contributed by atoms with E-state index in [4.69, 9.17) is 52.1 Å². The Morgan fingerprint density at radius 1 is 0.426 bits per heavy atom. The fourth-order valence-corrected chi connectivity index (χ4v) is 12.3. The smallest absolute Gasteiger partial charge is 0.242 e. The van der Waals surface area contributed by atoms with Gasteiger partial charge >= 0.3 is 0 Å². The fraction of sp³-hybridized carbons (Fsp3) is 0.870. The number of hydrogen-bond donors (Lipinski definition) is 19. The molecule has 4 aliphatic heterocycles. The van der Waals surface area contributed by atoms with Gasteiger partial charge in [-0.2, -0.15) is 0 Å². The predicted molar refractivity (Wildman–Crippen MR) is 377 cm³/mol. The molecule has 19 N–H and O–H groups in total. The topological polar surface area (TPSA) is 566 Å². The Balaban J connectivity index is 1.32. The van der Waals surface area contributed by atoms with Gasteiger partial charge in [-0.15, -0.1) is 0 Å². The minimum atomic E-state index is -1.56. The van der Waals surface area contributed by atoms with Crippen LogP contribution in [0.4, 0.5) is 0 Å². The Bertz CT molecular complexity index is 2660. The lowest BCUT2D eigenvalue weighted by Crippen LogP contribution is -2.64. The maximum absolute atomic E-state index is 13.9. The van der Waals surface area contributed by atoms with Crippen LogP contribution in [0, 0.1) is 5.92 Å². The molecule has 4 rings (SSSR count). The van der Waals surface area contributed by atoms with E-state index in [0.29, 0.717) is 38.6 Å². The molecular weight excluding hydrogens is 1430 g/mol. The van der Waals surface area contributed by atoms with E-state index in [-0.39, 0.29) is 136 Å². The third kappa shape index (κ3) is 35.8. The van der Waals surface area contributed by atoms with Crippen LogP contribution in [0.15, 0.2) is 0 Å². The maximum Gasteiger partial charge on any atom is 0.242 e. The van der Waals surface area contributed by atoms with E-state index in [2.05, 4.69) is 47.9 Å². The van der Waals surface area contributed by atoms with Crippen molar-refractivity contribution in [2.45, 2.75) is 260 Å². The van der Waals surface area contributed by atoms with Crippen molar-refractivity contribution in [1.82, 2.24) is 47.9 Å². The first-order chi connectivity index (χ1) is 51.5. The van der Waals surface area contributed by atoms with Gasteiger partial charge in [0.2, 0.25) is 53.2 Å². The molecule has 4 aliphatic rings. The summed E-state index contributed by atoms with van der Waals surface area (Å²) >= 11 is 0. The molecule has 0 aromatic rings. The van der Waals surface area contributed by atoms with Crippen LogP contribution in [0.1, 0.15) is 138 Å². The molecule has 4 heterocycles. The van der Waals surface area contributed by atoms with Gasteiger partial charge in [0.25, 0.3) is 0 Å². The first-order valence-electron chi connectivity index (χ1n) is 37.3. The molecule has 0 aromatic heterocycles. The predicted octanol–water partition coefficient (Wildman–Crippen LogP) is -6.61. The number of amides is 9. The quantitative estimate of drug-likeness (QED) is 0.0252. The SMILES string of the molecule is CC(=O)NC1C(OCCOCCNC(=O)C(CCC(=O)NCCOCCOC2OC(CO)C(O)C(O)C2NC(C)=O)NC(=O)CCC(NC(=O)CCCCCCCCCCC(=O)NC[C@@H]2C[C@H](OC(C)(C)C)[C@@H](CO)O2)C(=O)NCCOCCOC2OC(CO)C(O)C(O)C2NC(C)=O)OCC(CO)C(O)C1O. The molecule has 39 heteroatoms. The number of ether oxygens (including phenoxy) is 11. The average Bonchev–Trinajstić information content (AvgIpc) is 1.22. The zero-order valence-electron chi connectivity index (χ0n) is 63.0. The van der Waals surface area contributed by atoms with Crippen LogP contribution in [-0.4, -0.2) is 345 Å². The molecule has 4 fully saturated rings. The minimum Gasteiger partial charge on any atom is -0.396 e. The highest BCUT2D eigenvalue weighted by atomic mass is 16.7. The molecule has 0 spiro atoms. The summed E-state index contributed by atoms with van der Waals surface area (Å²) in [4.78, 5) is 116. The molecule has 39 nitrogen and oxygen atoms in total. The molecule has 4 saturated heterocycles. The zero-order valence-corrected chi connectivity index (χ0v) is 63.0. The second kappa shape index (κ2) is 51.8. The lowest BCUT2D eigenvalue weighted by Gasteiger charge is -2.42. The van der Waals surface area contributed by atoms with Crippen LogP contribution >= 0.6 is 0 Å². The summed E-state index contributed by atoms with van der Waals surface area (Å²) in [6.45, 7) is 6.38. The molecule has 624 valence electrons. The number of carbonyl (C=O) groups is 9. The van der Waals surface area contributed by atoms with Crippen LogP contribution in [0.2, 0.25) is 0 Å². The van der Waals surface area contributed by atoms with Gasteiger partial charge in [-0.05, 0) is 46.5 Å². The van der Waals surface area contributed by atoms with E-state index in [9.17, 15) is 94.2 Å².